The molecule has 0 saturated carbocycles. The van der Waals surface area contributed by atoms with Crippen molar-refractivity contribution in [3.8, 4) is 0 Å². The third kappa shape index (κ3) is 3.10. The molecule has 23 heavy (non-hydrogen) atoms. The maximum atomic E-state index is 11.9. The van der Waals surface area contributed by atoms with Crippen LogP contribution in [0.2, 0.25) is 5.02 Å². The van der Waals surface area contributed by atoms with E-state index in [0.29, 0.717) is 22.6 Å². The fraction of sp³-hybridized carbons (Fsp3) is 0.375. The van der Waals surface area contributed by atoms with Crippen LogP contribution in [0.5, 0.6) is 0 Å². The zero-order valence-electron chi connectivity index (χ0n) is 12.7. The van der Waals surface area contributed by atoms with E-state index in [2.05, 4.69) is 14.8 Å². The SMILES string of the molecule is NC(=O)c1cc(Cl)c2cccnc2c1N1CCN(CCO)CC1. The van der Waals surface area contributed by atoms with E-state index in [1.54, 1.807) is 12.3 Å². The van der Waals surface area contributed by atoms with Gasteiger partial charge in [-0.05, 0) is 18.2 Å². The molecule has 2 heterocycles. The van der Waals surface area contributed by atoms with E-state index in [1.165, 1.54) is 0 Å². The highest BCUT2D eigenvalue weighted by atomic mass is 35.5. The molecule has 0 bridgehead atoms. The molecular weight excluding hydrogens is 316 g/mol. The molecule has 1 aliphatic rings. The number of anilines is 1. The molecule has 2 aromatic rings. The maximum Gasteiger partial charge on any atom is 0.250 e. The summed E-state index contributed by atoms with van der Waals surface area (Å²) in [6.45, 7) is 3.93. The third-order valence-corrected chi connectivity index (χ3v) is 4.50. The number of fused-ring (bicyclic) bond motifs is 1. The Morgan fingerprint density at radius 2 is 2.09 bits per heavy atom. The van der Waals surface area contributed by atoms with Crippen molar-refractivity contribution in [3.05, 3.63) is 35.0 Å². The average Bonchev–Trinajstić information content (AvgIpc) is 2.56. The monoisotopic (exact) mass is 334 g/mol. The van der Waals surface area contributed by atoms with E-state index in [-0.39, 0.29) is 6.61 Å². The van der Waals surface area contributed by atoms with Crippen LogP contribution in [0.15, 0.2) is 24.4 Å². The number of nitrogens with two attached hydrogens (primary N) is 1. The van der Waals surface area contributed by atoms with E-state index in [1.807, 2.05) is 12.1 Å². The molecule has 0 aliphatic carbocycles. The summed E-state index contributed by atoms with van der Waals surface area (Å²) in [4.78, 5) is 20.6. The summed E-state index contributed by atoms with van der Waals surface area (Å²) in [6.07, 6.45) is 1.69. The number of hydrogen-bond donors (Lipinski definition) is 2. The summed E-state index contributed by atoms with van der Waals surface area (Å²) in [6, 6.07) is 5.34. The van der Waals surface area contributed by atoms with Crippen molar-refractivity contribution < 1.29 is 9.90 Å². The van der Waals surface area contributed by atoms with E-state index >= 15 is 0 Å². The van der Waals surface area contributed by atoms with Crippen LogP contribution >= 0.6 is 11.6 Å². The van der Waals surface area contributed by atoms with Gasteiger partial charge in [0, 0.05) is 44.3 Å². The number of rotatable bonds is 4. The fourth-order valence-corrected chi connectivity index (χ4v) is 3.29. The number of nitrogens with zero attached hydrogens (tertiary/aromatic N) is 3. The lowest BCUT2D eigenvalue weighted by molar-refractivity contribution is 0.100. The van der Waals surface area contributed by atoms with Gasteiger partial charge in [0.15, 0.2) is 0 Å². The quantitative estimate of drug-likeness (QED) is 0.875. The summed E-state index contributed by atoms with van der Waals surface area (Å²) in [5, 5.41) is 10.3. The van der Waals surface area contributed by atoms with Crippen LogP contribution in [0.4, 0.5) is 5.69 Å². The van der Waals surface area contributed by atoms with Crippen LogP contribution in [0.1, 0.15) is 10.4 Å². The Bertz CT molecular complexity index is 729. The Hall–Kier alpha value is -1.89. The van der Waals surface area contributed by atoms with Crippen LogP contribution in [-0.4, -0.2) is 60.2 Å². The largest absolute Gasteiger partial charge is 0.395 e. The van der Waals surface area contributed by atoms with Crippen molar-refractivity contribution in [2.75, 3.05) is 44.2 Å². The predicted octanol–water partition coefficient (Wildman–Crippen LogP) is 1.10. The normalized spacial score (nSPS) is 16.0. The fourth-order valence-electron chi connectivity index (χ4n) is 3.03. The van der Waals surface area contributed by atoms with Gasteiger partial charge in [0.25, 0.3) is 5.91 Å². The highest BCUT2D eigenvalue weighted by molar-refractivity contribution is 6.36. The summed E-state index contributed by atoms with van der Waals surface area (Å²) in [7, 11) is 0. The number of halogens is 1. The number of hydrogen-bond acceptors (Lipinski definition) is 5. The molecule has 1 fully saturated rings. The molecule has 3 N–H and O–H groups in total. The first kappa shape index (κ1) is 16.0. The lowest BCUT2D eigenvalue weighted by atomic mass is 10.1. The lowest BCUT2D eigenvalue weighted by Gasteiger charge is -2.36. The van der Waals surface area contributed by atoms with Crippen molar-refractivity contribution in [3.63, 3.8) is 0 Å². The Kier molecular flexibility index (Phi) is 4.66. The topological polar surface area (TPSA) is 82.7 Å². The van der Waals surface area contributed by atoms with Gasteiger partial charge in [-0.1, -0.05) is 11.6 Å². The molecular formula is C16H19ClN4O2. The molecule has 1 aliphatic heterocycles. The number of aliphatic hydroxyl groups is 1. The molecule has 1 aromatic carbocycles. The summed E-state index contributed by atoms with van der Waals surface area (Å²) in [5.74, 6) is -0.507. The Morgan fingerprint density at radius 1 is 1.35 bits per heavy atom. The van der Waals surface area contributed by atoms with Crippen molar-refractivity contribution in [2.45, 2.75) is 0 Å². The van der Waals surface area contributed by atoms with Crippen LogP contribution < -0.4 is 10.6 Å². The average molecular weight is 335 g/mol. The first-order chi connectivity index (χ1) is 11.1. The van der Waals surface area contributed by atoms with E-state index in [4.69, 9.17) is 22.4 Å². The lowest BCUT2D eigenvalue weighted by Crippen LogP contribution is -2.47. The van der Waals surface area contributed by atoms with Gasteiger partial charge in [-0.25, -0.2) is 0 Å². The molecule has 0 spiro atoms. The van der Waals surface area contributed by atoms with E-state index in [0.717, 1.165) is 37.3 Å². The summed E-state index contributed by atoms with van der Waals surface area (Å²) >= 11 is 6.28. The van der Waals surface area contributed by atoms with Crippen molar-refractivity contribution in [1.82, 2.24) is 9.88 Å². The number of primary amides is 1. The first-order valence-electron chi connectivity index (χ1n) is 7.57. The van der Waals surface area contributed by atoms with Crippen molar-refractivity contribution >= 4 is 34.1 Å². The molecule has 0 radical (unpaired) electrons. The molecule has 0 atom stereocenters. The second-order valence-corrected chi connectivity index (χ2v) is 5.98. The first-order valence-corrected chi connectivity index (χ1v) is 7.95. The zero-order valence-corrected chi connectivity index (χ0v) is 13.5. The van der Waals surface area contributed by atoms with E-state index in [9.17, 15) is 4.79 Å². The Morgan fingerprint density at radius 3 is 2.74 bits per heavy atom. The highest BCUT2D eigenvalue weighted by Crippen LogP contribution is 2.34. The number of pyridine rings is 1. The minimum absolute atomic E-state index is 0.151. The van der Waals surface area contributed by atoms with E-state index < -0.39 is 5.91 Å². The number of aliphatic hydroxyl groups excluding tert-OH is 1. The van der Waals surface area contributed by atoms with Crippen LogP contribution in [-0.2, 0) is 0 Å². The maximum absolute atomic E-state index is 11.9. The minimum Gasteiger partial charge on any atom is -0.395 e. The number of aromatic nitrogens is 1. The molecule has 1 aromatic heterocycles. The van der Waals surface area contributed by atoms with Crippen molar-refractivity contribution in [1.29, 1.82) is 0 Å². The van der Waals surface area contributed by atoms with Gasteiger partial charge in [-0.15, -0.1) is 0 Å². The minimum atomic E-state index is -0.507. The number of amides is 1. The molecule has 0 unspecified atom stereocenters. The standard InChI is InChI=1S/C16H19ClN4O2/c17-13-10-12(16(18)23)15(14-11(13)2-1-3-19-14)21-6-4-20(5-7-21)8-9-22/h1-3,10,22H,4-9H2,(H2,18,23). The van der Waals surface area contributed by atoms with Gasteiger partial charge < -0.3 is 15.7 Å². The second kappa shape index (κ2) is 6.70. The van der Waals surface area contributed by atoms with Crippen LogP contribution in [0.25, 0.3) is 10.9 Å². The predicted molar refractivity (Wildman–Crippen MR) is 91.0 cm³/mol. The van der Waals surface area contributed by atoms with Gasteiger partial charge in [0.2, 0.25) is 0 Å². The molecule has 3 rings (SSSR count). The van der Waals surface area contributed by atoms with Crippen LogP contribution in [0.3, 0.4) is 0 Å². The number of carbonyl (C=O) groups is 1. The van der Waals surface area contributed by atoms with Gasteiger partial charge in [0.05, 0.1) is 28.4 Å². The summed E-state index contributed by atoms with van der Waals surface area (Å²) < 4.78 is 0. The summed E-state index contributed by atoms with van der Waals surface area (Å²) in [5.41, 5.74) is 7.41. The number of benzene rings is 1. The third-order valence-electron chi connectivity index (χ3n) is 4.19. The molecule has 6 nitrogen and oxygen atoms in total. The number of piperazine rings is 1. The highest BCUT2D eigenvalue weighted by Gasteiger charge is 2.24. The van der Waals surface area contributed by atoms with Crippen molar-refractivity contribution in [2.24, 2.45) is 5.73 Å². The molecule has 1 saturated heterocycles. The Labute approximate surface area is 139 Å². The number of carbonyl (C=O) groups excluding carboxylic acids is 1. The molecule has 1 amide bonds. The second-order valence-electron chi connectivity index (χ2n) is 5.57. The van der Waals surface area contributed by atoms with Gasteiger partial charge in [-0.2, -0.15) is 0 Å². The van der Waals surface area contributed by atoms with Gasteiger partial charge >= 0.3 is 0 Å². The Balaban J connectivity index is 2.04. The van der Waals surface area contributed by atoms with Gasteiger partial charge in [0.1, 0.15) is 0 Å². The molecule has 122 valence electrons. The van der Waals surface area contributed by atoms with Crippen LogP contribution in [0, 0.1) is 0 Å². The number of β-amino-alcohol motifs (C(OH)–C–C–N with tert-alkyl or cyclic N) is 1. The molecule has 7 heteroatoms. The zero-order chi connectivity index (χ0) is 16.4. The van der Waals surface area contributed by atoms with Gasteiger partial charge in [-0.3, -0.25) is 14.7 Å². The smallest absolute Gasteiger partial charge is 0.250 e.